The maximum absolute atomic E-state index is 12.3. The van der Waals surface area contributed by atoms with Gasteiger partial charge in [0.1, 0.15) is 0 Å². The number of amides is 1. The van der Waals surface area contributed by atoms with E-state index < -0.39 is 0 Å². The first-order valence-corrected chi connectivity index (χ1v) is 9.63. The Morgan fingerprint density at radius 2 is 2.04 bits per heavy atom. The van der Waals surface area contributed by atoms with Crippen LogP contribution in [0.15, 0.2) is 52.4 Å². The first kappa shape index (κ1) is 18.3. The van der Waals surface area contributed by atoms with Crippen molar-refractivity contribution in [3.63, 3.8) is 0 Å². The Balaban J connectivity index is 1.61. The lowest BCUT2D eigenvalue weighted by Gasteiger charge is -2.15. The van der Waals surface area contributed by atoms with Crippen molar-refractivity contribution >= 4 is 28.4 Å². The average molecular weight is 370 g/mol. The van der Waals surface area contributed by atoms with Crippen molar-refractivity contribution in [1.82, 2.24) is 20.1 Å². The molecule has 26 heavy (non-hydrogen) atoms. The molecule has 0 bridgehead atoms. The van der Waals surface area contributed by atoms with Gasteiger partial charge in [-0.3, -0.25) is 9.36 Å². The summed E-state index contributed by atoms with van der Waals surface area (Å²) in [6.07, 6.45) is 0.832. The quantitative estimate of drug-likeness (QED) is 0.626. The van der Waals surface area contributed by atoms with E-state index in [2.05, 4.69) is 39.8 Å². The molecule has 0 spiro atoms. The topological polar surface area (TPSA) is 79.8 Å². The Kier molecular flexibility index (Phi) is 5.78. The molecule has 0 saturated carbocycles. The van der Waals surface area contributed by atoms with E-state index in [0.29, 0.717) is 11.7 Å². The minimum absolute atomic E-state index is 0.0887. The van der Waals surface area contributed by atoms with Gasteiger partial charge in [-0.05, 0) is 35.7 Å². The molecule has 136 valence electrons. The fraction of sp³-hybridized carbons (Fsp3) is 0.316. The number of thioether (sulfide) groups is 1. The highest BCUT2D eigenvalue weighted by atomic mass is 32.2. The molecular weight excluding hydrogens is 348 g/mol. The number of hydrogen-bond donors (Lipinski definition) is 2. The summed E-state index contributed by atoms with van der Waals surface area (Å²) in [4.78, 5) is 24.0. The third-order valence-electron chi connectivity index (χ3n) is 4.15. The lowest BCUT2D eigenvalue weighted by molar-refractivity contribution is -0.119. The third kappa shape index (κ3) is 4.16. The van der Waals surface area contributed by atoms with Crippen LogP contribution in [0.1, 0.15) is 31.9 Å². The molecule has 0 aliphatic heterocycles. The number of nitrogens with one attached hydrogen (secondary N) is 2. The summed E-state index contributed by atoms with van der Waals surface area (Å²) in [6.45, 7) is 4.55. The van der Waals surface area contributed by atoms with Gasteiger partial charge >= 0.3 is 5.69 Å². The zero-order valence-corrected chi connectivity index (χ0v) is 15.7. The predicted molar refractivity (Wildman–Crippen MR) is 104 cm³/mol. The first-order chi connectivity index (χ1) is 12.6. The molecule has 2 N–H and O–H groups in total. The Bertz CT molecular complexity index is 963. The van der Waals surface area contributed by atoms with Crippen molar-refractivity contribution in [2.24, 2.45) is 0 Å². The van der Waals surface area contributed by atoms with Gasteiger partial charge in [0.2, 0.25) is 5.91 Å². The van der Waals surface area contributed by atoms with Gasteiger partial charge in [0.05, 0.1) is 11.8 Å². The molecule has 0 aliphatic carbocycles. The molecule has 7 heteroatoms. The number of hydrogen-bond acceptors (Lipinski definition) is 4. The van der Waals surface area contributed by atoms with Crippen molar-refractivity contribution in [3.8, 4) is 0 Å². The lowest BCUT2D eigenvalue weighted by atomic mass is 10.0. The van der Waals surface area contributed by atoms with Crippen LogP contribution in [0.3, 0.4) is 0 Å². The van der Waals surface area contributed by atoms with Gasteiger partial charge in [-0.2, -0.15) is 0 Å². The Morgan fingerprint density at radius 1 is 1.27 bits per heavy atom. The van der Waals surface area contributed by atoms with Crippen LogP contribution < -0.4 is 11.0 Å². The van der Waals surface area contributed by atoms with Crippen molar-refractivity contribution in [3.05, 3.63) is 58.5 Å². The zero-order valence-electron chi connectivity index (χ0n) is 14.9. The molecule has 2 aromatic carbocycles. The highest BCUT2D eigenvalue weighted by Crippen LogP contribution is 2.20. The summed E-state index contributed by atoms with van der Waals surface area (Å²) in [7, 11) is 0. The molecule has 0 aliphatic rings. The largest absolute Gasteiger partial charge is 0.349 e. The van der Waals surface area contributed by atoms with Gasteiger partial charge in [0.15, 0.2) is 5.16 Å². The summed E-state index contributed by atoms with van der Waals surface area (Å²) < 4.78 is 1.56. The predicted octanol–water partition coefficient (Wildman–Crippen LogP) is 3.10. The second-order valence-electron chi connectivity index (χ2n) is 6.15. The minimum atomic E-state index is -0.237. The molecule has 0 radical (unpaired) electrons. The van der Waals surface area contributed by atoms with E-state index in [1.807, 2.05) is 32.0 Å². The van der Waals surface area contributed by atoms with Gasteiger partial charge in [0.25, 0.3) is 0 Å². The second kappa shape index (κ2) is 8.23. The van der Waals surface area contributed by atoms with Crippen LogP contribution in [-0.2, 0) is 11.3 Å². The SMILES string of the molecule is CCCn1c(SCC(=O)NC(C)c2ccc3ccccc3c2)n[nH]c1=O. The molecule has 3 aromatic rings. The molecule has 1 heterocycles. The molecule has 1 atom stereocenters. The molecule has 1 aromatic heterocycles. The molecule has 6 nitrogen and oxygen atoms in total. The number of H-pyrrole nitrogens is 1. The Morgan fingerprint density at radius 3 is 2.81 bits per heavy atom. The zero-order chi connectivity index (χ0) is 18.5. The van der Waals surface area contributed by atoms with E-state index in [9.17, 15) is 9.59 Å². The normalized spacial score (nSPS) is 12.2. The number of rotatable bonds is 7. The second-order valence-corrected chi connectivity index (χ2v) is 7.09. The fourth-order valence-electron chi connectivity index (χ4n) is 2.81. The fourth-order valence-corrected chi connectivity index (χ4v) is 3.59. The summed E-state index contributed by atoms with van der Waals surface area (Å²) in [5.74, 6) is 0.125. The molecule has 3 rings (SSSR count). The number of nitrogens with zero attached hydrogens (tertiary/aromatic N) is 2. The van der Waals surface area contributed by atoms with Crippen LogP contribution >= 0.6 is 11.8 Å². The van der Waals surface area contributed by atoms with Crippen LogP contribution in [0.4, 0.5) is 0 Å². The van der Waals surface area contributed by atoms with E-state index in [1.165, 1.54) is 17.1 Å². The summed E-state index contributed by atoms with van der Waals surface area (Å²) >= 11 is 1.26. The van der Waals surface area contributed by atoms with Gasteiger partial charge < -0.3 is 5.32 Å². The molecule has 1 unspecified atom stereocenters. The van der Waals surface area contributed by atoms with E-state index in [-0.39, 0.29) is 23.4 Å². The highest BCUT2D eigenvalue weighted by molar-refractivity contribution is 7.99. The van der Waals surface area contributed by atoms with E-state index in [0.717, 1.165) is 17.4 Å². The maximum Gasteiger partial charge on any atom is 0.343 e. The van der Waals surface area contributed by atoms with E-state index in [1.54, 1.807) is 4.57 Å². The Labute approximate surface area is 156 Å². The molecule has 1 amide bonds. The number of benzene rings is 2. The number of aromatic nitrogens is 3. The van der Waals surface area contributed by atoms with Crippen LogP contribution in [0.2, 0.25) is 0 Å². The van der Waals surface area contributed by atoms with Crippen LogP contribution in [0.25, 0.3) is 10.8 Å². The van der Waals surface area contributed by atoms with Gasteiger partial charge in [-0.1, -0.05) is 55.1 Å². The van der Waals surface area contributed by atoms with Gasteiger partial charge in [-0.15, -0.1) is 5.10 Å². The smallest absolute Gasteiger partial charge is 0.343 e. The lowest BCUT2D eigenvalue weighted by Crippen LogP contribution is -2.28. The van der Waals surface area contributed by atoms with Crippen LogP contribution in [0.5, 0.6) is 0 Å². The van der Waals surface area contributed by atoms with Crippen molar-refractivity contribution in [2.45, 2.75) is 38.0 Å². The van der Waals surface area contributed by atoms with Crippen molar-refractivity contribution in [1.29, 1.82) is 0 Å². The molecule has 0 fully saturated rings. The van der Waals surface area contributed by atoms with Crippen molar-refractivity contribution in [2.75, 3.05) is 5.75 Å². The number of carbonyl (C=O) groups is 1. The van der Waals surface area contributed by atoms with Gasteiger partial charge in [-0.25, -0.2) is 9.89 Å². The average Bonchev–Trinajstić information content (AvgIpc) is 3.00. The van der Waals surface area contributed by atoms with Crippen LogP contribution in [-0.4, -0.2) is 26.4 Å². The van der Waals surface area contributed by atoms with Crippen molar-refractivity contribution < 1.29 is 4.79 Å². The van der Waals surface area contributed by atoms with Gasteiger partial charge in [0, 0.05) is 6.54 Å². The standard InChI is InChI=1S/C19H22N4O2S/c1-3-10-23-18(25)21-22-19(23)26-12-17(24)20-13(2)15-9-8-14-6-4-5-7-16(14)11-15/h4-9,11,13H,3,10,12H2,1-2H3,(H,20,24)(H,21,25). The first-order valence-electron chi connectivity index (χ1n) is 8.64. The van der Waals surface area contributed by atoms with Crippen LogP contribution in [0, 0.1) is 0 Å². The molecular formula is C19H22N4O2S. The summed E-state index contributed by atoms with van der Waals surface area (Å²) in [5, 5.41) is 12.3. The summed E-state index contributed by atoms with van der Waals surface area (Å²) in [6, 6.07) is 14.3. The summed E-state index contributed by atoms with van der Waals surface area (Å²) in [5.41, 5.74) is 0.823. The van der Waals surface area contributed by atoms with E-state index in [4.69, 9.17) is 0 Å². The molecule has 0 saturated heterocycles. The maximum atomic E-state index is 12.3. The monoisotopic (exact) mass is 370 g/mol. The third-order valence-corrected chi connectivity index (χ3v) is 5.13. The number of carbonyl (C=O) groups excluding carboxylic acids is 1. The number of fused-ring (bicyclic) bond motifs is 1. The number of aromatic amines is 1. The minimum Gasteiger partial charge on any atom is -0.349 e. The van der Waals surface area contributed by atoms with E-state index >= 15 is 0 Å². The highest BCUT2D eigenvalue weighted by Gasteiger charge is 2.13. The Hall–Kier alpha value is -2.54.